The van der Waals surface area contributed by atoms with Gasteiger partial charge in [0.05, 0.1) is 5.75 Å². The monoisotopic (exact) mass is 371 g/mol. The molecular formula is C20H21NO4S. The van der Waals surface area contributed by atoms with Crippen molar-refractivity contribution in [2.45, 2.75) is 25.2 Å². The summed E-state index contributed by atoms with van der Waals surface area (Å²) in [4.78, 5) is 36.3. The zero-order valence-corrected chi connectivity index (χ0v) is 15.6. The van der Waals surface area contributed by atoms with E-state index < -0.39 is 5.97 Å². The van der Waals surface area contributed by atoms with Gasteiger partial charge in [-0.25, -0.2) is 0 Å². The Morgan fingerprint density at radius 2 is 1.73 bits per heavy atom. The molecule has 0 aliphatic carbocycles. The lowest BCUT2D eigenvalue weighted by Crippen LogP contribution is -2.15. The quantitative estimate of drug-likeness (QED) is 0.433. The lowest BCUT2D eigenvalue weighted by atomic mass is 10.1. The third-order valence-electron chi connectivity index (χ3n) is 3.62. The SMILES string of the molecule is CCC(=O)Nc1ccc(C(=O)COC(=O)CSc2ccccc2C)cc1. The molecule has 1 amide bonds. The van der Waals surface area contributed by atoms with Gasteiger partial charge in [0.25, 0.3) is 0 Å². The summed E-state index contributed by atoms with van der Waals surface area (Å²) >= 11 is 1.39. The number of aryl methyl sites for hydroxylation is 1. The van der Waals surface area contributed by atoms with Gasteiger partial charge in [0, 0.05) is 22.6 Å². The number of Topliss-reactive ketones (excluding diaryl/α,β-unsaturated/α-hetero) is 1. The molecular weight excluding hydrogens is 350 g/mol. The summed E-state index contributed by atoms with van der Waals surface area (Å²) < 4.78 is 5.05. The first-order valence-corrected chi connectivity index (χ1v) is 9.25. The topological polar surface area (TPSA) is 72.5 Å². The van der Waals surface area contributed by atoms with Gasteiger partial charge in [0.2, 0.25) is 5.91 Å². The van der Waals surface area contributed by atoms with Crippen molar-refractivity contribution in [2.24, 2.45) is 0 Å². The summed E-state index contributed by atoms with van der Waals surface area (Å²) in [6.45, 7) is 3.44. The van der Waals surface area contributed by atoms with Gasteiger partial charge in [-0.05, 0) is 42.8 Å². The summed E-state index contributed by atoms with van der Waals surface area (Å²) in [5.74, 6) is -0.657. The van der Waals surface area contributed by atoms with E-state index in [1.165, 1.54) is 11.8 Å². The molecule has 0 saturated heterocycles. The van der Waals surface area contributed by atoms with Crippen molar-refractivity contribution in [2.75, 3.05) is 17.7 Å². The number of carbonyl (C=O) groups excluding carboxylic acids is 3. The Hall–Kier alpha value is -2.60. The predicted octanol–water partition coefficient (Wildman–Crippen LogP) is 3.86. The smallest absolute Gasteiger partial charge is 0.316 e. The van der Waals surface area contributed by atoms with Gasteiger partial charge in [-0.15, -0.1) is 11.8 Å². The third-order valence-corrected chi connectivity index (χ3v) is 4.76. The Balaban J connectivity index is 1.79. The van der Waals surface area contributed by atoms with Crippen LogP contribution in [0.25, 0.3) is 0 Å². The lowest BCUT2D eigenvalue weighted by Gasteiger charge is -2.07. The zero-order valence-electron chi connectivity index (χ0n) is 14.8. The van der Waals surface area contributed by atoms with Gasteiger partial charge < -0.3 is 10.1 Å². The van der Waals surface area contributed by atoms with Crippen LogP contribution in [0.5, 0.6) is 0 Å². The molecule has 0 aliphatic rings. The molecule has 0 spiro atoms. The predicted molar refractivity (Wildman–Crippen MR) is 103 cm³/mol. The largest absolute Gasteiger partial charge is 0.457 e. The van der Waals surface area contributed by atoms with E-state index in [0.29, 0.717) is 17.7 Å². The molecule has 6 heteroatoms. The number of anilines is 1. The minimum atomic E-state index is -0.432. The third kappa shape index (κ3) is 6.04. The number of thioether (sulfide) groups is 1. The maximum atomic E-state index is 12.1. The average molecular weight is 371 g/mol. The number of ether oxygens (including phenoxy) is 1. The van der Waals surface area contributed by atoms with E-state index in [1.807, 2.05) is 31.2 Å². The Kier molecular flexibility index (Phi) is 7.41. The van der Waals surface area contributed by atoms with Crippen LogP contribution >= 0.6 is 11.8 Å². The van der Waals surface area contributed by atoms with Crippen LogP contribution in [0.2, 0.25) is 0 Å². The van der Waals surface area contributed by atoms with Gasteiger partial charge in [0.1, 0.15) is 0 Å². The van der Waals surface area contributed by atoms with Crippen molar-refractivity contribution in [3.63, 3.8) is 0 Å². The normalized spacial score (nSPS) is 10.2. The van der Waals surface area contributed by atoms with Crippen LogP contribution in [0, 0.1) is 6.92 Å². The number of hydrogen-bond donors (Lipinski definition) is 1. The van der Waals surface area contributed by atoms with Crippen LogP contribution in [0.15, 0.2) is 53.4 Å². The van der Waals surface area contributed by atoms with Gasteiger partial charge in [-0.3, -0.25) is 14.4 Å². The number of amides is 1. The molecule has 0 unspecified atom stereocenters. The van der Waals surface area contributed by atoms with E-state index in [1.54, 1.807) is 31.2 Å². The first kappa shape index (κ1) is 19.7. The van der Waals surface area contributed by atoms with E-state index in [2.05, 4.69) is 5.32 Å². The number of carbonyl (C=O) groups is 3. The molecule has 0 atom stereocenters. The van der Waals surface area contributed by atoms with Crippen molar-refractivity contribution in [1.82, 2.24) is 0 Å². The molecule has 0 aliphatic heterocycles. The van der Waals surface area contributed by atoms with Crippen LogP contribution in [0.1, 0.15) is 29.3 Å². The fourth-order valence-corrected chi connectivity index (χ4v) is 2.94. The van der Waals surface area contributed by atoms with Crippen LogP contribution in [-0.4, -0.2) is 30.0 Å². The Labute approximate surface area is 157 Å². The van der Waals surface area contributed by atoms with E-state index in [4.69, 9.17) is 4.74 Å². The summed E-state index contributed by atoms with van der Waals surface area (Å²) in [5, 5.41) is 2.71. The molecule has 1 N–H and O–H groups in total. The Morgan fingerprint density at radius 1 is 1.04 bits per heavy atom. The second-order valence-corrected chi connectivity index (χ2v) is 6.63. The number of esters is 1. The van der Waals surface area contributed by atoms with Gasteiger partial charge in [-0.1, -0.05) is 25.1 Å². The van der Waals surface area contributed by atoms with Crippen molar-refractivity contribution < 1.29 is 19.1 Å². The number of ketones is 1. The molecule has 0 saturated carbocycles. The molecule has 0 bridgehead atoms. The molecule has 26 heavy (non-hydrogen) atoms. The zero-order chi connectivity index (χ0) is 18.9. The number of rotatable bonds is 8. The summed E-state index contributed by atoms with van der Waals surface area (Å²) in [5.41, 5.74) is 2.15. The molecule has 5 nitrogen and oxygen atoms in total. The Morgan fingerprint density at radius 3 is 2.38 bits per heavy atom. The van der Waals surface area contributed by atoms with Crippen molar-refractivity contribution in [3.05, 3.63) is 59.7 Å². The maximum Gasteiger partial charge on any atom is 0.316 e. The molecule has 136 valence electrons. The van der Waals surface area contributed by atoms with E-state index in [-0.39, 0.29) is 24.1 Å². The fourth-order valence-electron chi connectivity index (χ4n) is 2.11. The first-order valence-electron chi connectivity index (χ1n) is 8.26. The van der Waals surface area contributed by atoms with Gasteiger partial charge in [0.15, 0.2) is 12.4 Å². The standard InChI is InChI=1S/C20H21NO4S/c1-3-19(23)21-16-10-8-15(9-11-16)17(22)12-25-20(24)13-26-18-7-5-4-6-14(18)2/h4-11H,3,12-13H2,1-2H3,(H,21,23). The fraction of sp³-hybridized carbons (Fsp3) is 0.250. The minimum Gasteiger partial charge on any atom is -0.457 e. The van der Waals surface area contributed by atoms with Crippen LogP contribution in [0.3, 0.4) is 0 Å². The summed E-state index contributed by atoms with van der Waals surface area (Å²) in [6.07, 6.45) is 0.386. The van der Waals surface area contributed by atoms with Crippen molar-refractivity contribution in [3.8, 4) is 0 Å². The maximum absolute atomic E-state index is 12.1. The number of nitrogens with one attached hydrogen (secondary N) is 1. The average Bonchev–Trinajstić information content (AvgIpc) is 2.66. The van der Waals surface area contributed by atoms with Gasteiger partial charge in [-0.2, -0.15) is 0 Å². The molecule has 0 heterocycles. The summed E-state index contributed by atoms with van der Waals surface area (Å²) in [6, 6.07) is 14.3. The van der Waals surface area contributed by atoms with Crippen molar-refractivity contribution >= 4 is 35.1 Å². The Bertz CT molecular complexity index is 787. The lowest BCUT2D eigenvalue weighted by molar-refractivity contribution is -0.139. The van der Waals surface area contributed by atoms with E-state index >= 15 is 0 Å². The number of hydrogen-bond acceptors (Lipinski definition) is 5. The molecule has 0 radical (unpaired) electrons. The van der Waals surface area contributed by atoms with Crippen LogP contribution < -0.4 is 5.32 Å². The van der Waals surface area contributed by atoms with E-state index in [0.717, 1.165) is 10.5 Å². The van der Waals surface area contributed by atoms with E-state index in [9.17, 15) is 14.4 Å². The highest BCUT2D eigenvalue weighted by Gasteiger charge is 2.11. The molecule has 0 fully saturated rings. The molecule has 2 aromatic carbocycles. The van der Waals surface area contributed by atoms with Crippen LogP contribution in [-0.2, 0) is 14.3 Å². The second kappa shape index (κ2) is 9.77. The summed E-state index contributed by atoms with van der Waals surface area (Å²) in [7, 11) is 0. The number of benzene rings is 2. The second-order valence-electron chi connectivity index (χ2n) is 5.62. The highest BCUT2D eigenvalue weighted by atomic mass is 32.2. The minimum absolute atomic E-state index is 0.0934. The molecule has 2 aromatic rings. The van der Waals surface area contributed by atoms with Crippen molar-refractivity contribution in [1.29, 1.82) is 0 Å². The highest BCUT2D eigenvalue weighted by molar-refractivity contribution is 8.00. The first-order chi connectivity index (χ1) is 12.5. The van der Waals surface area contributed by atoms with Gasteiger partial charge >= 0.3 is 5.97 Å². The highest BCUT2D eigenvalue weighted by Crippen LogP contribution is 2.21. The molecule has 0 aromatic heterocycles. The molecule has 2 rings (SSSR count). The van der Waals surface area contributed by atoms with Crippen LogP contribution in [0.4, 0.5) is 5.69 Å².